The summed E-state index contributed by atoms with van der Waals surface area (Å²) in [6, 6.07) is 5.67. The van der Waals surface area contributed by atoms with E-state index in [0.717, 1.165) is 29.6 Å². The minimum atomic E-state index is -0.265. The van der Waals surface area contributed by atoms with Crippen molar-refractivity contribution in [1.82, 2.24) is 14.8 Å². The molecule has 1 aromatic carbocycles. The molecule has 0 atom stereocenters. The summed E-state index contributed by atoms with van der Waals surface area (Å²) in [4.78, 5) is 16.6. The third-order valence-electron chi connectivity index (χ3n) is 4.65. The Bertz CT molecular complexity index is 974. The van der Waals surface area contributed by atoms with Crippen molar-refractivity contribution < 1.29 is 4.79 Å². The highest BCUT2D eigenvalue weighted by atomic mass is 35.5. The summed E-state index contributed by atoms with van der Waals surface area (Å²) in [6.07, 6.45) is 6.26. The van der Waals surface area contributed by atoms with Crippen molar-refractivity contribution in [1.29, 1.82) is 0 Å². The number of nitrogens with zero attached hydrogens (tertiary/aromatic N) is 3. The zero-order valence-corrected chi connectivity index (χ0v) is 15.8. The van der Waals surface area contributed by atoms with Crippen molar-refractivity contribution in [3.8, 4) is 0 Å². The number of halogens is 2. The number of nitrogens with one attached hydrogen (secondary N) is 1. The van der Waals surface area contributed by atoms with Gasteiger partial charge in [-0.05, 0) is 37.3 Å². The maximum absolute atomic E-state index is 12.7. The second-order valence-electron chi connectivity index (χ2n) is 6.59. The van der Waals surface area contributed by atoms with E-state index in [4.69, 9.17) is 28.3 Å². The molecule has 0 radical (unpaired) electrons. The second-order valence-corrected chi connectivity index (χ2v) is 7.40. The summed E-state index contributed by atoms with van der Waals surface area (Å²) in [5.74, 6) is 0.439. The standard InChI is InChI=1S/C19H18Cl2N4O/c1-2-16-13-6-5-12(7-17(13)25(24-16)10-11-3-4-11)19(26)23-18-14(20)8-22-9-15(18)21/h5-9,11H,2-4,10H2,1H3,(H,22,23,26). The van der Waals surface area contributed by atoms with Crippen molar-refractivity contribution in [3.63, 3.8) is 0 Å². The van der Waals surface area contributed by atoms with Crippen LogP contribution in [0.2, 0.25) is 10.0 Å². The minimum Gasteiger partial charge on any atom is -0.319 e. The Morgan fingerprint density at radius 2 is 2.00 bits per heavy atom. The molecule has 26 heavy (non-hydrogen) atoms. The highest BCUT2D eigenvalue weighted by molar-refractivity contribution is 6.39. The van der Waals surface area contributed by atoms with E-state index in [1.54, 1.807) is 0 Å². The molecule has 1 aliphatic carbocycles. The van der Waals surface area contributed by atoms with Gasteiger partial charge in [-0.1, -0.05) is 36.2 Å². The molecule has 1 amide bonds. The van der Waals surface area contributed by atoms with Crippen LogP contribution in [0.3, 0.4) is 0 Å². The van der Waals surface area contributed by atoms with Crippen LogP contribution in [0, 0.1) is 5.92 Å². The SMILES string of the molecule is CCc1nn(CC2CC2)c2cc(C(=O)Nc3c(Cl)cncc3Cl)ccc12. The average molecular weight is 389 g/mol. The zero-order chi connectivity index (χ0) is 18.3. The normalized spacial score (nSPS) is 14.0. The van der Waals surface area contributed by atoms with Gasteiger partial charge in [0.15, 0.2) is 0 Å². The fourth-order valence-electron chi connectivity index (χ4n) is 3.05. The lowest BCUT2D eigenvalue weighted by atomic mass is 10.1. The molecule has 0 unspecified atom stereocenters. The van der Waals surface area contributed by atoms with Crippen LogP contribution in [0.4, 0.5) is 5.69 Å². The van der Waals surface area contributed by atoms with Crippen molar-refractivity contribution in [3.05, 3.63) is 51.9 Å². The van der Waals surface area contributed by atoms with Gasteiger partial charge in [0.05, 0.1) is 26.9 Å². The van der Waals surface area contributed by atoms with Gasteiger partial charge in [0.25, 0.3) is 5.91 Å². The first-order valence-corrected chi connectivity index (χ1v) is 9.42. The Labute approximate surface area is 161 Å². The molecule has 0 aliphatic heterocycles. The topological polar surface area (TPSA) is 59.8 Å². The molecule has 1 saturated carbocycles. The van der Waals surface area contributed by atoms with Gasteiger partial charge in [0, 0.05) is 29.9 Å². The molecule has 1 fully saturated rings. The summed E-state index contributed by atoms with van der Waals surface area (Å²) >= 11 is 12.2. The summed E-state index contributed by atoms with van der Waals surface area (Å²) in [6.45, 7) is 3.00. The van der Waals surface area contributed by atoms with E-state index in [1.807, 2.05) is 22.9 Å². The number of carbonyl (C=O) groups excluding carboxylic acids is 1. The van der Waals surface area contributed by atoms with Gasteiger partial charge >= 0.3 is 0 Å². The molecular formula is C19H18Cl2N4O. The molecule has 1 aliphatic rings. The molecule has 0 bridgehead atoms. The number of hydrogen-bond acceptors (Lipinski definition) is 3. The van der Waals surface area contributed by atoms with Gasteiger partial charge in [0.1, 0.15) is 0 Å². The first-order chi connectivity index (χ1) is 12.6. The summed E-state index contributed by atoms with van der Waals surface area (Å²) < 4.78 is 2.04. The third-order valence-corrected chi connectivity index (χ3v) is 5.22. The average Bonchev–Trinajstić information content (AvgIpc) is 3.38. The van der Waals surface area contributed by atoms with Crippen LogP contribution in [-0.4, -0.2) is 20.7 Å². The highest BCUT2D eigenvalue weighted by Crippen LogP contribution is 2.33. The van der Waals surface area contributed by atoms with Crippen LogP contribution in [0.25, 0.3) is 10.9 Å². The Kier molecular flexibility index (Phi) is 4.59. The quantitative estimate of drug-likeness (QED) is 0.671. The number of aryl methyl sites for hydroxylation is 1. The van der Waals surface area contributed by atoms with Crippen LogP contribution >= 0.6 is 23.2 Å². The number of hydrogen-bond donors (Lipinski definition) is 1. The van der Waals surface area contributed by atoms with E-state index in [-0.39, 0.29) is 5.91 Å². The summed E-state index contributed by atoms with van der Waals surface area (Å²) in [7, 11) is 0. The molecule has 4 rings (SSSR count). The molecule has 0 saturated heterocycles. The molecular weight excluding hydrogens is 371 g/mol. The van der Waals surface area contributed by atoms with Crippen molar-refractivity contribution >= 4 is 45.7 Å². The number of pyridine rings is 1. The van der Waals surface area contributed by atoms with Crippen LogP contribution < -0.4 is 5.32 Å². The smallest absolute Gasteiger partial charge is 0.255 e. The fourth-order valence-corrected chi connectivity index (χ4v) is 3.50. The first kappa shape index (κ1) is 17.3. The lowest BCUT2D eigenvalue weighted by molar-refractivity contribution is 0.102. The van der Waals surface area contributed by atoms with Crippen LogP contribution in [0.5, 0.6) is 0 Å². The molecule has 5 nitrogen and oxygen atoms in total. The van der Waals surface area contributed by atoms with E-state index in [9.17, 15) is 4.79 Å². The Morgan fingerprint density at radius 3 is 2.65 bits per heavy atom. The second kappa shape index (κ2) is 6.89. The van der Waals surface area contributed by atoms with E-state index in [2.05, 4.69) is 17.2 Å². The number of aromatic nitrogens is 3. The number of rotatable bonds is 5. The fraction of sp³-hybridized carbons (Fsp3) is 0.316. The molecule has 7 heteroatoms. The molecule has 1 N–H and O–H groups in total. The third kappa shape index (κ3) is 3.29. The van der Waals surface area contributed by atoms with Crippen molar-refractivity contribution in [2.24, 2.45) is 5.92 Å². The number of anilines is 1. The minimum absolute atomic E-state index is 0.265. The van der Waals surface area contributed by atoms with Gasteiger partial charge in [-0.2, -0.15) is 5.10 Å². The van der Waals surface area contributed by atoms with Gasteiger partial charge in [0.2, 0.25) is 0 Å². The van der Waals surface area contributed by atoms with Crippen LogP contribution in [0.15, 0.2) is 30.6 Å². The Hall–Kier alpha value is -2.11. The monoisotopic (exact) mass is 388 g/mol. The van der Waals surface area contributed by atoms with E-state index < -0.39 is 0 Å². The zero-order valence-electron chi connectivity index (χ0n) is 14.3. The van der Waals surface area contributed by atoms with Gasteiger partial charge in [-0.3, -0.25) is 14.5 Å². The number of benzene rings is 1. The van der Waals surface area contributed by atoms with E-state index in [1.165, 1.54) is 25.2 Å². The predicted octanol–water partition coefficient (Wildman–Crippen LogP) is 4.96. The largest absolute Gasteiger partial charge is 0.319 e. The summed E-state index contributed by atoms with van der Waals surface area (Å²) in [5, 5.41) is 9.23. The molecule has 134 valence electrons. The number of carbonyl (C=O) groups is 1. The van der Waals surface area contributed by atoms with Gasteiger partial charge in [-0.15, -0.1) is 0 Å². The number of fused-ring (bicyclic) bond motifs is 1. The molecule has 2 aromatic heterocycles. The predicted molar refractivity (Wildman–Crippen MR) is 104 cm³/mol. The lowest BCUT2D eigenvalue weighted by Crippen LogP contribution is -2.13. The summed E-state index contributed by atoms with van der Waals surface area (Å²) in [5.41, 5.74) is 2.97. The molecule has 3 aromatic rings. The molecule has 0 spiro atoms. The van der Waals surface area contributed by atoms with E-state index >= 15 is 0 Å². The Balaban J connectivity index is 1.68. The van der Waals surface area contributed by atoms with E-state index in [0.29, 0.717) is 27.2 Å². The van der Waals surface area contributed by atoms with Crippen molar-refractivity contribution in [2.75, 3.05) is 5.32 Å². The van der Waals surface area contributed by atoms with Gasteiger partial charge < -0.3 is 5.32 Å². The molecule has 2 heterocycles. The Morgan fingerprint density at radius 1 is 1.27 bits per heavy atom. The highest BCUT2D eigenvalue weighted by Gasteiger charge is 2.24. The first-order valence-electron chi connectivity index (χ1n) is 8.66. The maximum atomic E-state index is 12.7. The van der Waals surface area contributed by atoms with Gasteiger partial charge in [-0.25, -0.2) is 0 Å². The van der Waals surface area contributed by atoms with Crippen LogP contribution in [0.1, 0.15) is 35.8 Å². The van der Waals surface area contributed by atoms with Crippen molar-refractivity contribution in [2.45, 2.75) is 32.7 Å². The lowest BCUT2D eigenvalue weighted by Gasteiger charge is -2.09. The number of amides is 1. The maximum Gasteiger partial charge on any atom is 0.255 e. The van der Waals surface area contributed by atoms with Crippen LogP contribution in [-0.2, 0) is 13.0 Å².